The molecule has 282 valence electrons. The van der Waals surface area contributed by atoms with Crippen LogP contribution in [-0.4, -0.2) is 55.8 Å². The molecule has 0 atom stereocenters. The van der Waals surface area contributed by atoms with Gasteiger partial charge in [0.25, 0.3) is 10.1 Å². The first-order valence-corrected chi connectivity index (χ1v) is 22.7. The van der Waals surface area contributed by atoms with Crippen LogP contribution in [0.3, 0.4) is 0 Å². The Kier molecular flexibility index (Phi) is 11.7. The van der Waals surface area contributed by atoms with Gasteiger partial charge in [-0.15, -0.1) is 41.5 Å². The average molecular weight is 833 g/mol. The molecule has 9 fully saturated rings. The second-order valence-electron chi connectivity index (χ2n) is 17.3. The Morgan fingerprint density at radius 3 is 1.63 bits per heavy atom. The summed E-state index contributed by atoms with van der Waals surface area (Å²) in [6.07, 6.45) is 19.7. The molecule has 3 aromatic rings. The van der Waals surface area contributed by atoms with Gasteiger partial charge in [0.05, 0.1) is 19.5 Å². The number of rotatable bonds is 5. The summed E-state index contributed by atoms with van der Waals surface area (Å²) in [5.41, 5.74) is 11.8. The number of anilines is 1. The molecule has 6 nitrogen and oxygen atoms in total. The second-order valence-corrected chi connectivity index (χ2v) is 21.8. The van der Waals surface area contributed by atoms with Crippen LogP contribution in [0.15, 0.2) is 72.8 Å². The van der Waals surface area contributed by atoms with E-state index >= 15 is 0 Å². The van der Waals surface area contributed by atoms with Gasteiger partial charge in [0, 0.05) is 24.1 Å². The molecule has 9 aliphatic rings. The summed E-state index contributed by atoms with van der Waals surface area (Å²) in [6.45, 7) is 3.98. The van der Waals surface area contributed by atoms with Crippen molar-refractivity contribution in [3.8, 4) is 11.1 Å². The van der Waals surface area contributed by atoms with Crippen molar-refractivity contribution in [1.82, 2.24) is 0 Å². The molecule has 0 amide bonds. The molecule has 2 N–H and O–H groups in total. The predicted octanol–water partition coefficient (Wildman–Crippen LogP) is 9.91. The number of morpholine rings is 1. The van der Waals surface area contributed by atoms with E-state index in [1.165, 1.54) is 0 Å². The maximum absolute atomic E-state index is 9.19. The van der Waals surface area contributed by atoms with Crippen LogP contribution in [0.4, 0.5) is 11.4 Å². The van der Waals surface area contributed by atoms with E-state index in [2.05, 4.69) is 35.2 Å². The molecule has 1 aliphatic heterocycles. The molecule has 3 aromatic carbocycles. The maximum Gasteiger partial charge on any atom is 2.00 e. The first kappa shape index (κ1) is 38.5. The Bertz CT molecular complexity index is 1660. The zero-order valence-electron chi connectivity index (χ0n) is 30.5. The molecule has 0 unspecified atom stereocenters. The summed E-state index contributed by atoms with van der Waals surface area (Å²) in [5.74, 6) is 6.37. The Balaban J connectivity index is 0.000000185. The predicted molar refractivity (Wildman–Crippen MR) is 210 cm³/mol. The standard InChI is InChI=1S/C30H42NOP.C12H9N.CH4O3S.Pd/c1-2-4-28(27(3-1)31-5-7-32-8-6-31)33(29-15-21-9-22(16-29)11-23(10-21)17-29)30-18-24-12-25(19-30)14-26(13-24)20-30;13-12-9-5-4-8-11(12)10-6-2-1-3-7-10;1-5(2,3)4;/h1-4,21-26H,5-20H2;1-6,8-9,13H;1H3,(H,2,3,4);/q;-2;;+2. The molecule has 12 rings (SSSR count). The normalized spacial score (nSPS) is 34.3. The van der Waals surface area contributed by atoms with Gasteiger partial charge in [-0.3, -0.25) is 4.55 Å². The minimum Gasteiger partial charge on any atom is -0.706 e. The number of benzene rings is 3. The molecular weight excluding hydrogens is 778 g/mol. The first-order chi connectivity index (χ1) is 24.6. The van der Waals surface area contributed by atoms with E-state index in [9.17, 15) is 8.42 Å². The van der Waals surface area contributed by atoms with Gasteiger partial charge < -0.3 is 15.4 Å². The van der Waals surface area contributed by atoms with Crippen LogP contribution in [0.25, 0.3) is 16.9 Å². The van der Waals surface area contributed by atoms with Crippen molar-refractivity contribution < 1.29 is 38.1 Å². The minimum atomic E-state index is -3.67. The van der Waals surface area contributed by atoms with Gasteiger partial charge in [0.2, 0.25) is 0 Å². The molecule has 52 heavy (non-hydrogen) atoms. The maximum atomic E-state index is 9.19. The summed E-state index contributed by atoms with van der Waals surface area (Å²) in [5, 5.41) is 3.18. The molecule has 8 saturated carbocycles. The Morgan fingerprint density at radius 1 is 0.731 bits per heavy atom. The Hall–Kier alpha value is -1.78. The average Bonchev–Trinajstić information content (AvgIpc) is 3.08. The molecule has 8 bridgehead atoms. The van der Waals surface area contributed by atoms with E-state index in [4.69, 9.17) is 15.0 Å². The summed E-state index contributed by atoms with van der Waals surface area (Å²) in [4.78, 5) is 2.72. The SMILES string of the molecule is CS(=O)(=O)O.[NH-]c1ccccc1-c1[c-]cccc1.[Pd+2].c1ccc(P(C23CC4CC(CC(C4)C2)C3)C23CC4CC(CC(C4)C2)C3)c(N2CCOCC2)c1. The molecule has 8 aliphatic carbocycles. The monoisotopic (exact) mass is 832 g/mol. The van der Waals surface area contributed by atoms with E-state index in [1.54, 1.807) is 88.8 Å². The van der Waals surface area contributed by atoms with Crippen molar-refractivity contribution in [1.29, 1.82) is 0 Å². The Labute approximate surface area is 327 Å². The van der Waals surface area contributed by atoms with E-state index in [-0.39, 0.29) is 28.3 Å². The smallest absolute Gasteiger partial charge is 0.706 e. The van der Waals surface area contributed by atoms with Gasteiger partial charge in [-0.05, 0) is 129 Å². The van der Waals surface area contributed by atoms with Crippen molar-refractivity contribution >= 4 is 34.7 Å². The van der Waals surface area contributed by atoms with Crippen molar-refractivity contribution in [3.63, 3.8) is 0 Å². The van der Waals surface area contributed by atoms with Crippen LogP contribution >= 0.6 is 7.92 Å². The summed E-state index contributed by atoms with van der Waals surface area (Å²) >= 11 is 0. The fraction of sp³-hybridized carbons (Fsp3) is 0.581. The quantitative estimate of drug-likeness (QED) is 0.120. The van der Waals surface area contributed by atoms with Gasteiger partial charge >= 0.3 is 20.4 Å². The zero-order chi connectivity index (χ0) is 35.2. The van der Waals surface area contributed by atoms with Gasteiger partial charge in [0.15, 0.2) is 0 Å². The van der Waals surface area contributed by atoms with Gasteiger partial charge in [-0.1, -0.05) is 50.4 Å². The largest absolute Gasteiger partial charge is 2.00 e. The van der Waals surface area contributed by atoms with E-state index < -0.39 is 10.1 Å². The second kappa shape index (κ2) is 15.8. The summed E-state index contributed by atoms with van der Waals surface area (Å²) in [6, 6.07) is 28.3. The molecular formula is C43H55N2O4PPdS. The first-order valence-electron chi connectivity index (χ1n) is 19.5. The van der Waals surface area contributed by atoms with Gasteiger partial charge in [-0.2, -0.15) is 14.1 Å². The van der Waals surface area contributed by atoms with Crippen LogP contribution in [-0.2, 0) is 35.3 Å². The molecule has 0 radical (unpaired) electrons. The molecule has 0 spiro atoms. The number of nitrogens with zero attached hydrogens (tertiary/aromatic N) is 1. The van der Waals surface area contributed by atoms with Crippen molar-refractivity contribution in [2.24, 2.45) is 35.5 Å². The Morgan fingerprint density at radius 2 is 1.17 bits per heavy atom. The number of para-hydroxylation sites is 1. The number of hydrogen-bond acceptors (Lipinski definition) is 4. The van der Waals surface area contributed by atoms with Crippen molar-refractivity contribution in [2.45, 2.75) is 87.4 Å². The third kappa shape index (κ3) is 8.24. The third-order valence-electron chi connectivity index (χ3n) is 13.4. The van der Waals surface area contributed by atoms with Crippen molar-refractivity contribution in [2.75, 3.05) is 37.5 Å². The van der Waals surface area contributed by atoms with E-state index in [1.807, 2.05) is 47.8 Å². The minimum absolute atomic E-state index is 0. The number of nitrogens with one attached hydrogen (secondary N) is 1. The topological polar surface area (TPSA) is 90.6 Å². The van der Waals surface area contributed by atoms with Crippen LogP contribution < -0.4 is 10.2 Å². The molecule has 1 saturated heterocycles. The fourth-order valence-corrected chi connectivity index (χ4v) is 18.0. The number of hydrogen-bond donors (Lipinski definition) is 1. The summed E-state index contributed by atoms with van der Waals surface area (Å²) < 4.78 is 31.7. The van der Waals surface area contributed by atoms with Crippen LogP contribution in [0.2, 0.25) is 0 Å². The molecule has 0 aromatic heterocycles. The van der Waals surface area contributed by atoms with Crippen molar-refractivity contribution in [3.05, 3.63) is 84.6 Å². The van der Waals surface area contributed by atoms with E-state index in [0.29, 0.717) is 22.3 Å². The third-order valence-corrected chi connectivity index (χ3v) is 17.2. The summed E-state index contributed by atoms with van der Waals surface area (Å²) in [7, 11) is -3.80. The zero-order valence-corrected chi connectivity index (χ0v) is 33.8. The van der Waals surface area contributed by atoms with Crippen LogP contribution in [0.5, 0.6) is 0 Å². The van der Waals surface area contributed by atoms with Crippen LogP contribution in [0, 0.1) is 41.6 Å². The number of ether oxygens (including phenoxy) is 1. The fourth-order valence-electron chi connectivity index (χ4n) is 12.7. The van der Waals surface area contributed by atoms with E-state index in [0.717, 1.165) is 72.9 Å². The van der Waals surface area contributed by atoms with Gasteiger partial charge in [0.1, 0.15) is 0 Å². The molecule has 9 heteroatoms. The molecule has 1 heterocycles. The van der Waals surface area contributed by atoms with Crippen LogP contribution in [0.1, 0.15) is 77.0 Å². The van der Waals surface area contributed by atoms with Gasteiger partial charge in [-0.25, -0.2) is 0 Å².